The molecule has 7 heteroatoms. The predicted molar refractivity (Wildman–Crippen MR) is 81.6 cm³/mol. The summed E-state index contributed by atoms with van der Waals surface area (Å²) in [7, 11) is -2.84. The first kappa shape index (κ1) is 15.1. The molecule has 0 aromatic carbocycles. The fourth-order valence-corrected chi connectivity index (χ4v) is 3.10. The van der Waals surface area contributed by atoms with E-state index in [1.807, 2.05) is 6.07 Å². The number of piperazine rings is 1. The molecule has 0 unspecified atom stereocenters. The molecule has 2 rings (SSSR count). The third-order valence-corrected chi connectivity index (χ3v) is 4.56. The van der Waals surface area contributed by atoms with Crippen LogP contribution in [0, 0.1) is 0 Å². The Morgan fingerprint density at radius 3 is 2.60 bits per heavy atom. The van der Waals surface area contributed by atoms with E-state index in [1.165, 1.54) is 6.26 Å². The third-order valence-electron chi connectivity index (χ3n) is 3.53. The van der Waals surface area contributed by atoms with Gasteiger partial charge in [-0.3, -0.25) is 9.88 Å². The number of hydrogen-bond donors (Lipinski definition) is 1. The number of rotatable bonds is 5. The number of pyridine rings is 1. The van der Waals surface area contributed by atoms with Gasteiger partial charge in [-0.25, -0.2) is 8.42 Å². The van der Waals surface area contributed by atoms with Crippen LogP contribution in [-0.2, 0) is 9.84 Å². The normalized spacial score (nSPS) is 17.4. The maximum Gasteiger partial charge on any atom is 0.147 e. The van der Waals surface area contributed by atoms with Gasteiger partial charge in [-0.2, -0.15) is 0 Å². The molecule has 1 aliphatic heterocycles. The van der Waals surface area contributed by atoms with Gasteiger partial charge in [0.25, 0.3) is 0 Å². The lowest BCUT2D eigenvalue weighted by atomic mass is 10.2. The minimum absolute atomic E-state index is 0.268. The maximum atomic E-state index is 11.1. The van der Waals surface area contributed by atoms with E-state index < -0.39 is 9.84 Å². The molecule has 0 bridgehead atoms. The summed E-state index contributed by atoms with van der Waals surface area (Å²) < 4.78 is 22.2. The van der Waals surface area contributed by atoms with E-state index in [9.17, 15) is 8.42 Å². The average molecular weight is 298 g/mol. The van der Waals surface area contributed by atoms with Crippen LogP contribution < -0.4 is 10.6 Å². The van der Waals surface area contributed by atoms with Crippen LogP contribution in [0.2, 0.25) is 0 Å². The molecule has 1 saturated heterocycles. The Bertz CT molecular complexity index is 539. The molecule has 0 amide bonds. The monoisotopic (exact) mass is 298 g/mol. The first-order valence-electron chi connectivity index (χ1n) is 6.80. The first-order valence-corrected chi connectivity index (χ1v) is 8.86. The molecule has 6 nitrogen and oxygen atoms in total. The Morgan fingerprint density at radius 2 is 2.00 bits per heavy atom. The van der Waals surface area contributed by atoms with Crippen molar-refractivity contribution in [2.24, 2.45) is 0 Å². The highest BCUT2D eigenvalue weighted by atomic mass is 32.2. The molecule has 112 valence electrons. The number of hydrogen-bond acceptors (Lipinski definition) is 6. The highest BCUT2D eigenvalue weighted by Crippen LogP contribution is 2.22. The molecular weight excluding hydrogens is 276 g/mol. The van der Waals surface area contributed by atoms with Gasteiger partial charge in [0.2, 0.25) is 0 Å². The zero-order chi connectivity index (χ0) is 14.6. The van der Waals surface area contributed by atoms with Crippen molar-refractivity contribution in [1.29, 1.82) is 0 Å². The molecule has 0 spiro atoms. The van der Waals surface area contributed by atoms with E-state index in [-0.39, 0.29) is 5.75 Å². The number of nitrogens with two attached hydrogens (primary N) is 1. The summed E-state index contributed by atoms with van der Waals surface area (Å²) in [6.07, 6.45) is 5.42. The molecule has 0 saturated carbocycles. The first-order chi connectivity index (χ1) is 9.46. The van der Waals surface area contributed by atoms with Crippen molar-refractivity contribution in [2.75, 3.05) is 55.4 Å². The van der Waals surface area contributed by atoms with Crippen molar-refractivity contribution in [3.05, 3.63) is 18.5 Å². The van der Waals surface area contributed by atoms with Crippen molar-refractivity contribution < 1.29 is 8.42 Å². The number of nitrogen functional groups attached to an aromatic ring is 1. The summed E-state index contributed by atoms with van der Waals surface area (Å²) in [6, 6.07) is 1.94. The summed E-state index contributed by atoms with van der Waals surface area (Å²) in [5, 5.41) is 0. The number of sulfone groups is 1. The molecule has 0 aliphatic carbocycles. The van der Waals surface area contributed by atoms with Crippen LogP contribution >= 0.6 is 0 Å². The minimum Gasteiger partial charge on any atom is -0.396 e. The maximum absolute atomic E-state index is 11.1. The topological polar surface area (TPSA) is 79.5 Å². The molecule has 1 aliphatic rings. The molecule has 20 heavy (non-hydrogen) atoms. The highest BCUT2D eigenvalue weighted by molar-refractivity contribution is 7.90. The van der Waals surface area contributed by atoms with Crippen LogP contribution in [0.25, 0.3) is 0 Å². The second kappa shape index (κ2) is 6.41. The Morgan fingerprint density at radius 1 is 1.30 bits per heavy atom. The largest absolute Gasteiger partial charge is 0.396 e. The lowest BCUT2D eigenvalue weighted by Gasteiger charge is -2.36. The van der Waals surface area contributed by atoms with Gasteiger partial charge in [-0.15, -0.1) is 0 Å². The zero-order valence-corrected chi connectivity index (χ0v) is 12.6. The molecule has 1 fully saturated rings. The standard InChI is InChI=1S/C13H22N4O2S/c1-20(18,19)10-2-5-16-6-8-17(9-7-16)13-3-4-15-11-12(13)14/h3-4,11H,2,5-10,14H2,1H3. The van der Waals surface area contributed by atoms with E-state index in [2.05, 4.69) is 14.8 Å². The van der Waals surface area contributed by atoms with E-state index in [1.54, 1.807) is 12.4 Å². The SMILES string of the molecule is CS(=O)(=O)CCCN1CCN(c2ccncc2N)CC1. The van der Waals surface area contributed by atoms with E-state index in [0.717, 1.165) is 38.4 Å². The second-order valence-electron chi connectivity index (χ2n) is 5.25. The van der Waals surface area contributed by atoms with Crippen molar-refractivity contribution >= 4 is 21.2 Å². The molecule has 2 heterocycles. The van der Waals surface area contributed by atoms with Gasteiger partial charge in [-0.05, 0) is 19.0 Å². The smallest absolute Gasteiger partial charge is 0.147 e. The average Bonchev–Trinajstić information content (AvgIpc) is 2.39. The summed E-state index contributed by atoms with van der Waals surface area (Å²) in [5.41, 5.74) is 7.67. The zero-order valence-electron chi connectivity index (χ0n) is 11.8. The lowest BCUT2D eigenvalue weighted by Crippen LogP contribution is -2.47. The van der Waals surface area contributed by atoms with Crippen molar-refractivity contribution in [2.45, 2.75) is 6.42 Å². The van der Waals surface area contributed by atoms with E-state index in [0.29, 0.717) is 12.1 Å². The van der Waals surface area contributed by atoms with Crippen molar-refractivity contribution in [3.63, 3.8) is 0 Å². The molecule has 0 atom stereocenters. The molecular formula is C13H22N4O2S. The predicted octanol–water partition coefficient (Wildman–Crippen LogP) is 0.221. The Hall–Kier alpha value is -1.34. The van der Waals surface area contributed by atoms with E-state index >= 15 is 0 Å². The molecule has 2 N–H and O–H groups in total. The Labute approximate surface area is 120 Å². The van der Waals surface area contributed by atoms with Crippen LogP contribution in [0.15, 0.2) is 18.5 Å². The minimum atomic E-state index is -2.84. The van der Waals surface area contributed by atoms with Crippen LogP contribution in [0.3, 0.4) is 0 Å². The van der Waals surface area contributed by atoms with Crippen LogP contribution in [0.5, 0.6) is 0 Å². The fourth-order valence-electron chi connectivity index (χ4n) is 2.45. The summed E-state index contributed by atoms with van der Waals surface area (Å²) >= 11 is 0. The number of anilines is 2. The lowest BCUT2D eigenvalue weighted by molar-refractivity contribution is 0.259. The third kappa shape index (κ3) is 4.35. The quantitative estimate of drug-likeness (QED) is 0.838. The second-order valence-corrected chi connectivity index (χ2v) is 7.51. The van der Waals surface area contributed by atoms with Crippen molar-refractivity contribution in [1.82, 2.24) is 9.88 Å². The van der Waals surface area contributed by atoms with E-state index in [4.69, 9.17) is 5.73 Å². The summed E-state index contributed by atoms with van der Waals surface area (Å²) in [4.78, 5) is 8.56. The van der Waals surface area contributed by atoms with Gasteiger partial charge in [-0.1, -0.05) is 0 Å². The van der Waals surface area contributed by atoms with Gasteiger partial charge in [0.1, 0.15) is 9.84 Å². The molecule has 1 aromatic heterocycles. The highest BCUT2D eigenvalue weighted by Gasteiger charge is 2.18. The molecule has 1 aromatic rings. The molecule has 0 radical (unpaired) electrons. The number of nitrogens with zero attached hydrogens (tertiary/aromatic N) is 3. The van der Waals surface area contributed by atoms with Gasteiger partial charge < -0.3 is 10.6 Å². The summed E-state index contributed by atoms with van der Waals surface area (Å²) in [6.45, 7) is 4.53. The van der Waals surface area contributed by atoms with Crippen LogP contribution in [0.1, 0.15) is 6.42 Å². The number of aromatic nitrogens is 1. The van der Waals surface area contributed by atoms with Crippen LogP contribution in [-0.4, -0.2) is 63.0 Å². The Balaban J connectivity index is 1.80. The van der Waals surface area contributed by atoms with Gasteiger partial charge in [0.15, 0.2) is 0 Å². The van der Waals surface area contributed by atoms with Gasteiger partial charge >= 0.3 is 0 Å². The fraction of sp³-hybridized carbons (Fsp3) is 0.615. The van der Waals surface area contributed by atoms with Crippen LogP contribution in [0.4, 0.5) is 11.4 Å². The summed E-state index contributed by atoms with van der Waals surface area (Å²) in [5.74, 6) is 0.268. The Kier molecular flexibility index (Phi) is 4.82. The van der Waals surface area contributed by atoms with Gasteiger partial charge in [0.05, 0.1) is 23.3 Å². The van der Waals surface area contributed by atoms with Crippen molar-refractivity contribution in [3.8, 4) is 0 Å². The van der Waals surface area contributed by atoms with Gasteiger partial charge in [0, 0.05) is 38.6 Å².